The quantitative estimate of drug-likeness (QED) is 0.197. The number of rotatable bonds is 11. The van der Waals surface area contributed by atoms with Gasteiger partial charge in [-0.3, -0.25) is 0 Å². The van der Waals surface area contributed by atoms with Gasteiger partial charge in [-0.1, -0.05) is 108 Å². The third-order valence-corrected chi connectivity index (χ3v) is 6.24. The molecule has 2 atom stereocenters. The Morgan fingerprint density at radius 3 is 1.18 bits per heavy atom. The fraction of sp³-hybridized carbons (Fsp3) is 0.200. The number of halogens is 2. The second-order valence-electron chi connectivity index (χ2n) is 8.20. The molecule has 0 radical (unpaired) electrons. The molecule has 0 aliphatic heterocycles. The van der Waals surface area contributed by atoms with E-state index in [0.717, 1.165) is 34.0 Å². The van der Waals surface area contributed by atoms with E-state index in [9.17, 15) is 0 Å². The van der Waals surface area contributed by atoms with Crippen molar-refractivity contribution in [2.45, 2.75) is 25.0 Å². The standard InChI is InChI=1S/C30H28Cl2O2/c31-27-15-11-23(12-16-27)21-29(25-7-3-1-4-8-25)33-19-20-34-30(26-9-5-2-6-10-26)22-24-13-17-28(32)18-14-24/h1-18,29-30H,19-22H2. The van der Waals surface area contributed by atoms with Crippen LogP contribution in [0.15, 0.2) is 109 Å². The van der Waals surface area contributed by atoms with E-state index in [-0.39, 0.29) is 12.2 Å². The molecule has 0 saturated carbocycles. The van der Waals surface area contributed by atoms with Crippen molar-refractivity contribution in [3.05, 3.63) is 141 Å². The Bertz CT molecular complexity index is 1020. The molecular formula is C30H28Cl2O2. The van der Waals surface area contributed by atoms with Crippen LogP contribution in [-0.2, 0) is 22.3 Å². The normalized spacial score (nSPS) is 12.9. The van der Waals surface area contributed by atoms with Gasteiger partial charge >= 0.3 is 0 Å². The Balaban J connectivity index is 1.39. The van der Waals surface area contributed by atoms with Crippen LogP contribution in [0, 0.1) is 0 Å². The Morgan fingerprint density at radius 1 is 0.471 bits per heavy atom. The van der Waals surface area contributed by atoms with Crippen molar-refractivity contribution >= 4 is 23.2 Å². The lowest BCUT2D eigenvalue weighted by Gasteiger charge is -2.22. The first-order valence-electron chi connectivity index (χ1n) is 11.5. The van der Waals surface area contributed by atoms with Gasteiger partial charge in [0.1, 0.15) is 0 Å². The summed E-state index contributed by atoms with van der Waals surface area (Å²) in [5.74, 6) is 0. The first kappa shape index (κ1) is 24.5. The molecule has 2 nitrogen and oxygen atoms in total. The Hall–Kier alpha value is -2.62. The molecule has 2 unspecified atom stereocenters. The van der Waals surface area contributed by atoms with E-state index >= 15 is 0 Å². The third kappa shape index (κ3) is 7.44. The molecule has 174 valence electrons. The van der Waals surface area contributed by atoms with E-state index < -0.39 is 0 Å². The minimum Gasteiger partial charge on any atom is -0.371 e. The van der Waals surface area contributed by atoms with Gasteiger partial charge in [0, 0.05) is 22.9 Å². The molecule has 0 fully saturated rings. The largest absolute Gasteiger partial charge is 0.371 e. The van der Waals surface area contributed by atoms with Gasteiger partial charge in [0.15, 0.2) is 0 Å². The van der Waals surface area contributed by atoms with E-state index in [1.54, 1.807) is 0 Å². The van der Waals surface area contributed by atoms with Gasteiger partial charge in [0.2, 0.25) is 0 Å². The molecule has 0 amide bonds. The molecule has 0 spiro atoms. The zero-order chi connectivity index (χ0) is 23.6. The van der Waals surface area contributed by atoms with E-state index in [2.05, 4.69) is 48.5 Å². The fourth-order valence-corrected chi connectivity index (χ4v) is 4.18. The van der Waals surface area contributed by atoms with Crippen LogP contribution in [0.3, 0.4) is 0 Å². The zero-order valence-electron chi connectivity index (χ0n) is 18.9. The van der Waals surface area contributed by atoms with E-state index in [0.29, 0.717) is 13.2 Å². The van der Waals surface area contributed by atoms with Crippen molar-refractivity contribution in [1.29, 1.82) is 0 Å². The molecule has 4 aromatic rings. The summed E-state index contributed by atoms with van der Waals surface area (Å²) < 4.78 is 12.7. The summed E-state index contributed by atoms with van der Waals surface area (Å²) in [6.07, 6.45) is 1.43. The SMILES string of the molecule is Clc1ccc(CC(OCCOC(Cc2ccc(Cl)cc2)c2ccccc2)c2ccccc2)cc1. The molecule has 34 heavy (non-hydrogen) atoms. The molecule has 4 heteroatoms. The van der Waals surface area contributed by atoms with Crippen molar-refractivity contribution in [1.82, 2.24) is 0 Å². The summed E-state index contributed by atoms with van der Waals surface area (Å²) in [5, 5.41) is 1.48. The lowest BCUT2D eigenvalue weighted by molar-refractivity contribution is -0.0237. The second-order valence-corrected chi connectivity index (χ2v) is 9.07. The summed E-state index contributed by atoms with van der Waals surface area (Å²) in [6, 6.07) is 36.5. The maximum atomic E-state index is 6.34. The summed E-state index contributed by atoms with van der Waals surface area (Å²) >= 11 is 12.1. The van der Waals surface area contributed by atoms with Crippen LogP contribution in [0.1, 0.15) is 34.5 Å². The van der Waals surface area contributed by atoms with Gasteiger partial charge in [0.05, 0.1) is 25.4 Å². The predicted molar refractivity (Wildman–Crippen MR) is 141 cm³/mol. The summed E-state index contributed by atoms with van der Waals surface area (Å²) in [7, 11) is 0. The highest BCUT2D eigenvalue weighted by Crippen LogP contribution is 2.25. The molecule has 4 aromatic carbocycles. The Morgan fingerprint density at radius 2 is 0.824 bits per heavy atom. The van der Waals surface area contributed by atoms with Crippen LogP contribution < -0.4 is 0 Å². The average Bonchev–Trinajstić information content (AvgIpc) is 2.88. The molecule has 0 aliphatic rings. The highest BCUT2D eigenvalue weighted by molar-refractivity contribution is 6.30. The zero-order valence-corrected chi connectivity index (χ0v) is 20.5. The van der Waals surface area contributed by atoms with Gasteiger partial charge in [-0.15, -0.1) is 0 Å². The third-order valence-electron chi connectivity index (χ3n) is 5.73. The minimum absolute atomic E-state index is 0.0579. The van der Waals surface area contributed by atoms with Gasteiger partial charge in [-0.05, 0) is 46.5 Å². The highest BCUT2D eigenvalue weighted by atomic mass is 35.5. The number of hydrogen-bond donors (Lipinski definition) is 0. The van der Waals surface area contributed by atoms with Gasteiger partial charge in [-0.25, -0.2) is 0 Å². The van der Waals surface area contributed by atoms with Crippen LogP contribution in [0.25, 0.3) is 0 Å². The Labute approximate surface area is 212 Å². The lowest BCUT2D eigenvalue weighted by atomic mass is 10.0. The maximum absolute atomic E-state index is 6.34. The first-order valence-corrected chi connectivity index (χ1v) is 12.2. The van der Waals surface area contributed by atoms with Crippen LogP contribution in [0.2, 0.25) is 10.0 Å². The van der Waals surface area contributed by atoms with Gasteiger partial charge < -0.3 is 9.47 Å². The fourth-order valence-electron chi connectivity index (χ4n) is 3.93. The molecular weight excluding hydrogens is 463 g/mol. The van der Waals surface area contributed by atoms with E-state index in [4.69, 9.17) is 32.7 Å². The molecule has 4 rings (SSSR count). The molecule has 0 N–H and O–H groups in total. The van der Waals surface area contributed by atoms with Crippen molar-refractivity contribution in [2.75, 3.05) is 13.2 Å². The molecule has 0 saturated heterocycles. The summed E-state index contributed by atoms with van der Waals surface area (Å²) in [5.41, 5.74) is 4.67. The van der Waals surface area contributed by atoms with Crippen molar-refractivity contribution in [2.24, 2.45) is 0 Å². The number of hydrogen-bond acceptors (Lipinski definition) is 2. The van der Waals surface area contributed by atoms with E-state index in [1.165, 1.54) is 11.1 Å². The summed E-state index contributed by atoms with van der Waals surface area (Å²) in [6.45, 7) is 0.994. The molecule has 0 aliphatic carbocycles. The topological polar surface area (TPSA) is 18.5 Å². The first-order chi connectivity index (χ1) is 16.7. The number of ether oxygens (including phenoxy) is 2. The molecule has 0 heterocycles. The molecule has 0 aromatic heterocycles. The van der Waals surface area contributed by atoms with Crippen molar-refractivity contribution in [3.8, 4) is 0 Å². The van der Waals surface area contributed by atoms with Gasteiger partial charge in [0.25, 0.3) is 0 Å². The highest BCUT2D eigenvalue weighted by Gasteiger charge is 2.16. The van der Waals surface area contributed by atoms with Crippen molar-refractivity contribution in [3.63, 3.8) is 0 Å². The Kier molecular flexibility index (Phi) is 9.18. The summed E-state index contributed by atoms with van der Waals surface area (Å²) in [4.78, 5) is 0. The van der Waals surface area contributed by atoms with Crippen molar-refractivity contribution < 1.29 is 9.47 Å². The van der Waals surface area contributed by atoms with Crippen LogP contribution in [0.4, 0.5) is 0 Å². The van der Waals surface area contributed by atoms with E-state index in [1.807, 2.05) is 60.7 Å². The van der Waals surface area contributed by atoms with Crippen LogP contribution >= 0.6 is 23.2 Å². The maximum Gasteiger partial charge on any atom is 0.0866 e. The lowest BCUT2D eigenvalue weighted by Crippen LogP contribution is -2.15. The van der Waals surface area contributed by atoms with Crippen LogP contribution in [-0.4, -0.2) is 13.2 Å². The number of benzene rings is 4. The minimum atomic E-state index is -0.0579. The second kappa shape index (κ2) is 12.7. The van der Waals surface area contributed by atoms with Gasteiger partial charge in [-0.2, -0.15) is 0 Å². The molecule has 0 bridgehead atoms. The van der Waals surface area contributed by atoms with Crippen LogP contribution in [0.5, 0.6) is 0 Å². The smallest absolute Gasteiger partial charge is 0.0866 e. The monoisotopic (exact) mass is 490 g/mol. The average molecular weight is 491 g/mol. The predicted octanol–water partition coefficient (Wildman–Crippen LogP) is 8.29.